The number of hydrogen-bond acceptors (Lipinski definition) is 0. The first kappa shape index (κ1) is 61.9. The Hall–Kier alpha value is -10.4. The summed E-state index contributed by atoms with van der Waals surface area (Å²) in [5.41, 5.74) is 19.0. The maximum absolute atomic E-state index is 4.09. The highest BCUT2D eigenvalue weighted by atomic mass is 28.3. The van der Waals surface area contributed by atoms with Crippen molar-refractivity contribution in [3.05, 3.63) is 239 Å². The molecule has 12 aromatic rings. The van der Waals surface area contributed by atoms with Crippen LogP contribution in [0.2, 0.25) is 33.2 Å². The molecule has 12 aromatic carbocycles. The molecule has 0 saturated heterocycles. The Bertz CT molecular complexity index is 4930. The summed E-state index contributed by atoms with van der Waals surface area (Å²) in [4.78, 5) is 0. The van der Waals surface area contributed by atoms with Crippen LogP contribution in [0, 0.1) is 94.0 Å². The van der Waals surface area contributed by atoms with E-state index in [0.29, 0.717) is 33.2 Å². The molecular weight excluding hydrogens is 1140 g/mol. The van der Waals surface area contributed by atoms with Crippen molar-refractivity contribution in [2.24, 2.45) is 0 Å². The average Bonchev–Trinajstić information content (AvgIpc) is 0.739. The molecule has 0 spiro atoms. The van der Waals surface area contributed by atoms with Crippen LogP contribution in [-0.4, -0.2) is 16.1 Å². The zero-order valence-corrected chi connectivity index (χ0v) is 56.9. The van der Waals surface area contributed by atoms with E-state index in [1.807, 2.05) is 48.5 Å². The van der Waals surface area contributed by atoms with Gasteiger partial charge < -0.3 is 0 Å². The number of fused-ring (bicyclic) bond motifs is 8. The van der Waals surface area contributed by atoms with Gasteiger partial charge in [0.05, 0.1) is 0 Å². The molecule has 0 aliphatic carbocycles. The molecule has 0 bridgehead atoms. The van der Waals surface area contributed by atoms with E-state index in [9.17, 15) is 0 Å². The fraction of sp³-hybridized carbons (Fsp3) is 0.200. The molecule has 0 fully saturated rings. The largest absolute Gasteiger partial charge is 0.146 e. The minimum Gasteiger partial charge on any atom is -0.125 e. The monoisotopic (exact) mass is 1210 g/mol. The minimum absolute atomic E-state index is 0.519. The highest BCUT2D eigenvalue weighted by Gasteiger charge is 2.43. The molecular formula is C90H74Si2. The smallest absolute Gasteiger partial charge is 0.125 e. The van der Waals surface area contributed by atoms with E-state index < -0.39 is 16.1 Å². The van der Waals surface area contributed by atoms with E-state index in [2.05, 4.69) is 323 Å². The molecule has 0 aliphatic rings. The van der Waals surface area contributed by atoms with Gasteiger partial charge in [-0.25, -0.2) is 0 Å². The molecule has 12 rings (SSSR count). The van der Waals surface area contributed by atoms with Crippen LogP contribution in [0.3, 0.4) is 0 Å². The lowest BCUT2D eigenvalue weighted by atomic mass is 9.89. The van der Waals surface area contributed by atoms with Gasteiger partial charge in [-0.1, -0.05) is 228 Å². The first-order valence-corrected chi connectivity index (χ1v) is 36.9. The molecule has 0 radical (unpaired) electrons. The van der Waals surface area contributed by atoms with Gasteiger partial charge >= 0.3 is 0 Å². The van der Waals surface area contributed by atoms with Crippen LogP contribution in [0.1, 0.15) is 128 Å². The molecule has 2 heteroatoms. The lowest BCUT2D eigenvalue weighted by Crippen LogP contribution is -2.43. The summed E-state index contributed by atoms with van der Waals surface area (Å²) in [6, 6.07) is 69.2. The number of hydrogen-bond donors (Lipinski definition) is 0. The molecule has 0 amide bonds. The first-order chi connectivity index (χ1) is 44.5. The van der Waals surface area contributed by atoms with Gasteiger partial charge in [0.1, 0.15) is 16.1 Å². The Morgan fingerprint density at radius 3 is 0.598 bits per heavy atom. The van der Waals surface area contributed by atoms with Crippen molar-refractivity contribution in [3.63, 3.8) is 0 Å². The summed E-state index contributed by atoms with van der Waals surface area (Å²) >= 11 is 0. The second kappa shape index (κ2) is 26.2. The quantitative estimate of drug-likeness (QED) is 0.0884. The molecule has 0 heterocycles. The van der Waals surface area contributed by atoms with Crippen molar-refractivity contribution in [3.8, 4) is 94.0 Å². The van der Waals surface area contributed by atoms with Gasteiger partial charge in [0, 0.05) is 44.5 Å². The van der Waals surface area contributed by atoms with Gasteiger partial charge in [0.25, 0.3) is 0 Å². The predicted octanol–water partition coefficient (Wildman–Crippen LogP) is 22.3. The highest BCUT2D eigenvalue weighted by molar-refractivity contribution is 6.91. The van der Waals surface area contributed by atoms with E-state index in [1.165, 1.54) is 43.1 Å². The standard InChI is InChI=1S/C90H74Si2/c1-61(2)91(62(3)4,63(5)6)51-49-81-87-57-75-33-23-19-29-71(75)53-83(87)79(84-54-72-30-20-24-34-76(72)58-88(81)84)47-45-69-41-37-67(38-42-69)27-17-15-13-14-16-18-28-68-39-43-70(44-40-68)46-48-80-85-55-73-31-21-25-35-77(73)59-89(85)82(50-52-92(64(7)8,65(9)10)66(11)12)90-60-78-36-26-22-32-74(78)56-86(80)90/h19-26,29-44,53-66H,1-12H3. The molecule has 0 aromatic heterocycles. The van der Waals surface area contributed by atoms with Crippen molar-refractivity contribution >= 4 is 102 Å². The second-order valence-electron chi connectivity index (χ2n) is 26.4. The van der Waals surface area contributed by atoms with Gasteiger partial charge in [-0.2, -0.15) is 0 Å². The fourth-order valence-corrected chi connectivity index (χ4v) is 25.2. The highest BCUT2D eigenvalue weighted by Crippen LogP contribution is 2.45. The summed E-state index contributed by atoms with van der Waals surface area (Å²) in [5, 5.41) is 18.6. The molecule has 0 N–H and O–H groups in total. The van der Waals surface area contributed by atoms with Crippen LogP contribution in [-0.2, 0) is 0 Å². The Balaban J connectivity index is 0.801. The minimum atomic E-state index is -2.06. The van der Waals surface area contributed by atoms with Gasteiger partial charge in [-0.05, 0) is 252 Å². The van der Waals surface area contributed by atoms with Gasteiger partial charge in [-0.3, -0.25) is 0 Å². The van der Waals surface area contributed by atoms with Crippen LogP contribution in [0.15, 0.2) is 194 Å². The molecule has 0 nitrogen and oxygen atoms in total. The molecule has 0 atom stereocenters. The van der Waals surface area contributed by atoms with Crippen LogP contribution in [0.4, 0.5) is 0 Å². The molecule has 0 aliphatic heterocycles. The van der Waals surface area contributed by atoms with Crippen molar-refractivity contribution in [2.75, 3.05) is 0 Å². The maximum Gasteiger partial charge on any atom is 0.146 e. The molecule has 0 unspecified atom stereocenters. The number of rotatable bonds is 6. The second-order valence-corrected chi connectivity index (χ2v) is 37.6. The summed E-state index contributed by atoms with van der Waals surface area (Å²) in [6.45, 7) is 28.6. The summed E-state index contributed by atoms with van der Waals surface area (Å²) in [6.07, 6.45) is 0. The Labute approximate surface area is 547 Å². The lowest BCUT2D eigenvalue weighted by Gasteiger charge is -2.38. The Morgan fingerprint density at radius 2 is 0.391 bits per heavy atom. The van der Waals surface area contributed by atoms with Gasteiger partial charge in [-0.15, -0.1) is 11.1 Å². The average molecular weight is 1210 g/mol. The predicted molar refractivity (Wildman–Crippen MR) is 403 cm³/mol. The van der Waals surface area contributed by atoms with Gasteiger partial charge in [0.15, 0.2) is 0 Å². The van der Waals surface area contributed by atoms with Crippen LogP contribution in [0.25, 0.3) is 86.2 Å². The summed E-state index contributed by atoms with van der Waals surface area (Å²) in [7, 11) is -4.11. The number of benzene rings is 12. The van der Waals surface area contributed by atoms with E-state index in [1.54, 1.807) is 0 Å². The molecule has 0 saturated carbocycles. The van der Waals surface area contributed by atoms with Crippen LogP contribution in [0.5, 0.6) is 0 Å². The van der Waals surface area contributed by atoms with Crippen LogP contribution >= 0.6 is 0 Å². The zero-order valence-electron chi connectivity index (χ0n) is 54.9. The normalized spacial score (nSPS) is 11.4. The van der Waals surface area contributed by atoms with Crippen molar-refractivity contribution in [1.29, 1.82) is 0 Å². The fourth-order valence-electron chi connectivity index (χ4n) is 14.8. The third-order valence-electron chi connectivity index (χ3n) is 19.4. The van der Waals surface area contributed by atoms with E-state index in [4.69, 9.17) is 0 Å². The van der Waals surface area contributed by atoms with E-state index in [-0.39, 0.29) is 0 Å². The lowest BCUT2D eigenvalue weighted by molar-refractivity contribution is 0.838. The third kappa shape index (κ3) is 12.0. The van der Waals surface area contributed by atoms with E-state index in [0.717, 1.165) is 87.6 Å². The molecule has 442 valence electrons. The first-order valence-electron chi connectivity index (χ1n) is 32.5. The zero-order chi connectivity index (χ0) is 64.3. The van der Waals surface area contributed by atoms with Crippen molar-refractivity contribution in [2.45, 2.75) is 116 Å². The Kier molecular flexibility index (Phi) is 17.6. The van der Waals surface area contributed by atoms with Crippen molar-refractivity contribution < 1.29 is 0 Å². The topological polar surface area (TPSA) is 0 Å². The summed E-state index contributed by atoms with van der Waals surface area (Å²) in [5.74, 6) is 46.1. The maximum atomic E-state index is 4.09. The van der Waals surface area contributed by atoms with Gasteiger partial charge in [0.2, 0.25) is 0 Å². The van der Waals surface area contributed by atoms with Crippen molar-refractivity contribution in [1.82, 2.24) is 0 Å². The third-order valence-corrected chi connectivity index (χ3v) is 32.0. The van der Waals surface area contributed by atoms with E-state index >= 15 is 0 Å². The van der Waals surface area contributed by atoms with Crippen LogP contribution < -0.4 is 0 Å². The Morgan fingerprint density at radius 1 is 0.207 bits per heavy atom. The SMILES string of the molecule is CC(C)[Si](C#Cc1c2cc3ccccc3cc2c(C#Cc2ccc(C#CC#CC#CC#Cc3ccc(C#Cc4c5cc6ccccc6cc5c(C#C[Si](C(C)C)(C(C)C)C(C)C)c5cc6ccccc6cc45)cc3)cc2)c2cc3ccccc3cc12)(C(C)C)C(C)C. The molecule has 92 heavy (non-hydrogen) atoms. The summed E-state index contributed by atoms with van der Waals surface area (Å²) < 4.78 is 0.